The van der Waals surface area contributed by atoms with Crippen molar-refractivity contribution in [3.8, 4) is 22.5 Å². The number of nitro benzene ring substituents is 2. The number of nitrogens with two attached hydrogens (primary N) is 1. The van der Waals surface area contributed by atoms with E-state index in [1.54, 1.807) is 41.5 Å². The van der Waals surface area contributed by atoms with Crippen LogP contribution in [0.3, 0.4) is 0 Å². The Morgan fingerprint density at radius 3 is 1.64 bits per heavy atom. The first-order valence-electron chi connectivity index (χ1n) is 21.0. The van der Waals surface area contributed by atoms with Crippen LogP contribution in [0.4, 0.5) is 37.5 Å². The Labute approximate surface area is 405 Å². The number of anilines is 3. The lowest BCUT2D eigenvalue weighted by molar-refractivity contribution is -0.387. The average Bonchev–Trinajstić information content (AvgIpc) is 3.81. The molecular weight excluding hydrogens is 930 g/mol. The van der Waals surface area contributed by atoms with Crippen molar-refractivity contribution < 1.29 is 37.7 Å². The number of carbonyl (C=O) groups is 2. The second kappa shape index (κ2) is 22.1. The summed E-state index contributed by atoms with van der Waals surface area (Å²) in [5.74, 6) is -2.73. The Morgan fingerprint density at radius 1 is 0.714 bits per heavy atom. The summed E-state index contributed by atoms with van der Waals surface area (Å²) in [7, 11) is 3.83. The molecule has 4 aromatic carbocycles. The van der Waals surface area contributed by atoms with Crippen molar-refractivity contribution in [2.45, 2.75) is 61.2 Å². The summed E-state index contributed by atoms with van der Waals surface area (Å²) < 4.78 is 41.3. The van der Waals surface area contributed by atoms with E-state index in [9.17, 15) is 38.6 Å². The molecule has 0 radical (unpaired) electrons. The molecule has 0 saturated heterocycles. The van der Waals surface area contributed by atoms with Crippen LogP contribution in [0.2, 0.25) is 5.28 Å². The SMILES string of the molecule is C.CC(C)OC(=O)c1cnc(Cl)nc1-c1cn(C)c2ccccc12.Cc1cc(F)c([N+](=O)[O-])cc1N.Cc1cc(F)c([N+](=O)[O-])cc1Nc1ncc(C(=O)OC(C)C)c(-c2cn(C)c3ccccc23)n1. The Bertz CT molecular complexity index is 3280. The maximum atomic E-state index is 13.9. The number of nitrogen functional groups attached to an aromatic ring is 1. The van der Waals surface area contributed by atoms with E-state index < -0.39 is 44.8 Å². The van der Waals surface area contributed by atoms with Crippen LogP contribution >= 0.6 is 11.6 Å². The number of aromatic nitrogens is 6. The van der Waals surface area contributed by atoms with Crippen molar-refractivity contribution in [2.24, 2.45) is 14.1 Å². The van der Waals surface area contributed by atoms with Gasteiger partial charge in [-0.25, -0.2) is 29.5 Å². The molecule has 0 bridgehead atoms. The highest BCUT2D eigenvalue weighted by Crippen LogP contribution is 2.35. The molecule has 18 nitrogen and oxygen atoms in total. The van der Waals surface area contributed by atoms with Gasteiger partial charge in [-0.1, -0.05) is 43.8 Å². The van der Waals surface area contributed by atoms with Gasteiger partial charge in [0.15, 0.2) is 0 Å². The van der Waals surface area contributed by atoms with E-state index in [-0.39, 0.29) is 47.8 Å². The van der Waals surface area contributed by atoms with E-state index in [1.807, 2.05) is 84.2 Å². The van der Waals surface area contributed by atoms with E-state index in [0.29, 0.717) is 33.6 Å². The minimum Gasteiger partial charge on any atom is -0.459 e. The highest BCUT2D eigenvalue weighted by atomic mass is 35.5. The molecule has 0 saturated carbocycles. The standard InChI is InChI=1S/C24H22FN5O4.C17H16ClN3O2.C7H7FN2O2.CH4/c1-13(2)34-23(31)16-11-26-24(27-19-10-21(30(32)33)18(25)9-14(19)3)28-22(16)17-12-29(4)20-8-6-5-7-15(17)20;1-10(2)23-16(22)12-8-19-17(18)20-15(12)13-9-21(3)14-7-5-4-6-11(13)14;1-4-2-5(8)7(10(11)12)3-6(4)9;/h5-13H,1-4H3,(H,26,27,28);4-10H,1-3H3;2-3H,9H2,1H3;1H4. The molecule has 0 fully saturated rings. The van der Waals surface area contributed by atoms with Crippen molar-refractivity contribution in [1.82, 2.24) is 29.1 Å². The zero-order valence-corrected chi connectivity index (χ0v) is 39.2. The Balaban J connectivity index is 0.000000218. The molecule has 21 heteroatoms. The molecular formula is C49H49ClF2N10O8. The summed E-state index contributed by atoms with van der Waals surface area (Å²) in [5.41, 5.74) is 10.3. The summed E-state index contributed by atoms with van der Waals surface area (Å²) in [6.07, 6.45) is 5.99. The van der Waals surface area contributed by atoms with E-state index in [0.717, 1.165) is 51.6 Å². The highest BCUT2D eigenvalue weighted by Gasteiger charge is 2.24. The fourth-order valence-corrected chi connectivity index (χ4v) is 7.13. The lowest BCUT2D eigenvalue weighted by Crippen LogP contribution is -2.14. The van der Waals surface area contributed by atoms with Gasteiger partial charge in [-0.05, 0) is 88.5 Å². The van der Waals surface area contributed by atoms with Crippen LogP contribution in [0.5, 0.6) is 0 Å². The predicted octanol–water partition coefficient (Wildman–Crippen LogP) is 11.4. The topological polar surface area (TPSA) is 238 Å². The number of aryl methyl sites for hydroxylation is 4. The van der Waals surface area contributed by atoms with Gasteiger partial charge in [0.25, 0.3) is 0 Å². The van der Waals surface area contributed by atoms with Crippen molar-refractivity contribution >= 4 is 74.0 Å². The number of fused-ring (bicyclic) bond motifs is 2. The number of nitrogens with one attached hydrogen (secondary N) is 1. The maximum Gasteiger partial charge on any atom is 0.342 e. The minimum atomic E-state index is -0.933. The molecule has 4 heterocycles. The third kappa shape index (κ3) is 11.8. The number of nitro groups is 2. The van der Waals surface area contributed by atoms with Gasteiger partial charge >= 0.3 is 23.3 Å². The van der Waals surface area contributed by atoms with Gasteiger partial charge in [0.05, 0.1) is 39.1 Å². The van der Waals surface area contributed by atoms with Crippen molar-refractivity contribution in [3.05, 3.63) is 157 Å². The van der Waals surface area contributed by atoms with E-state index in [4.69, 9.17) is 26.8 Å². The first-order valence-corrected chi connectivity index (χ1v) is 21.3. The Morgan fingerprint density at radius 2 is 1.16 bits per heavy atom. The van der Waals surface area contributed by atoms with Crippen molar-refractivity contribution in [2.75, 3.05) is 11.1 Å². The third-order valence-corrected chi connectivity index (χ3v) is 10.4. The summed E-state index contributed by atoms with van der Waals surface area (Å²) in [4.78, 5) is 61.9. The van der Waals surface area contributed by atoms with Crippen LogP contribution < -0.4 is 11.1 Å². The van der Waals surface area contributed by atoms with Gasteiger partial charge in [-0.2, -0.15) is 8.78 Å². The molecule has 364 valence electrons. The number of esters is 2. The molecule has 0 aliphatic rings. The number of nitrogens with zero attached hydrogens (tertiary/aromatic N) is 8. The van der Waals surface area contributed by atoms with Crippen LogP contribution in [-0.2, 0) is 23.6 Å². The van der Waals surface area contributed by atoms with Gasteiger partial charge in [-0.3, -0.25) is 20.2 Å². The maximum absolute atomic E-state index is 13.9. The fraction of sp³-hybridized carbons (Fsp3) is 0.224. The molecule has 0 unspecified atom stereocenters. The second-order valence-corrected chi connectivity index (χ2v) is 16.4. The molecule has 0 aliphatic heterocycles. The Kier molecular flexibility index (Phi) is 16.6. The van der Waals surface area contributed by atoms with Crippen molar-refractivity contribution in [1.29, 1.82) is 0 Å². The van der Waals surface area contributed by atoms with E-state index in [2.05, 4.69) is 25.3 Å². The zero-order chi connectivity index (χ0) is 50.4. The predicted molar refractivity (Wildman–Crippen MR) is 264 cm³/mol. The fourth-order valence-electron chi connectivity index (χ4n) is 7.00. The normalized spacial score (nSPS) is 10.8. The molecule has 3 N–H and O–H groups in total. The van der Waals surface area contributed by atoms with Gasteiger partial charge < -0.3 is 29.7 Å². The number of ether oxygens (including phenoxy) is 2. The summed E-state index contributed by atoms with van der Waals surface area (Å²) in [6.45, 7) is 10.3. The number of para-hydroxylation sites is 2. The lowest BCUT2D eigenvalue weighted by atomic mass is 10.1. The molecule has 8 aromatic rings. The minimum absolute atomic E-state index is 0. The van der Waals surface area contributed by atoms with Crippen LogP contribution in [0.15, 0.2) is 97.6 Å². The van der Waals surface area contributed by atoms with E-state index >= 15 is 0 Å². The highest BCUT2D eigenvalue weighted by molar-refractivity contribution is 6.28. The largest absolute Gasteiger partial charge is 0.459 e. The number of carbonyl (C=O) groups excluding carboxylic acids is 2. The molecule has 0 atom stereocenters. The van der Waals surface area contributed by atoms with Crippen LogP contribution in [-0.4, -0.2) is 63.1 Å². The third-order valence-electron chi connectivity index (χ3n) is 10.2. The number of hydrogen-bond acceptors (Lipinski definition) is 14. The lowest BCUT2D eigenvalue weighted by Gasteiger charge is -2.13. The number of hydrogen-bond donors (Lipinski definition) is 2. The zero-order valence-electron chi connectivity index (χ0n) is 38.4. The second-order valence-electron chi connectivity index (χ2n) is 16.0. The summed E-state index contributed by atoms with van der Waals surface area (Å²) in [5, 5.41) is 26.2. The Hall–Kier alpha value is -8.39. The molecule has 4 aromatic heterocycles. The smallest absolute Gasteiger partial charge is 0.342 e. The monoisotopic (exact) mass is 978 g/mol. The van der Waals surface area contributed by atoms with Gasteiger partial charge in [0.2, 0.25) is 22.9 Å². The van der Waals surface area contributed by atoms with Crippen LogP contribution in [0, 0.1) is 45.7 Å². The van der Waals surface area contributed by atoms with Crippen LogP contribution in [0.1, 0.15) is 67.0 Å². The number of benzene rings is 4. The molecule has 8 rings (SSSR count). The van der Waals surface area contributed by atoms with Gasteiger partial charge in [-0.15, -0.1) is 0 Å². The summed E-state index contributed by atoms with van der Waals surface area (Å²) in [6, 6.07) is 19.8. The van der Waals surface area contributed by atoms with E-state index in [1.165, 1.54) is 12.4 Å². The molecule has 70 heavy (non-hydrogen) atoms. The van der Waals surface area contributed by atoms with Crippen molar-refractivity contribution in [3.63, 3.8) is 0 Å². The van der Waals surface area contributed by atoms with Gasteiger partial charge in [0, 0.05) is 89.6 Å². The average molecular weight is 979 g/mol. The van der Waals surface area contributed by atoms with Gasteiger partial charge in [0.1, 0.15) is 11.1 Å². The first kappa shape index (κ1) is 52.6. The molecule has 0 spiro atoms. The molecule has 0 amide bonds. The quantitative estimate of drug-likeness (QED) is 0.0426. The first-order chi connectivity index (χ1) is 32.6. The van der Waals surface area contributed by atoms with Crippen LogP contribution in [0.25, 0.3) is 44.3 Å². The number of halogens is 3. The molecule has 0 aliphatic carbocycles. The number of rotatable bonds is 10. The summed E-state index contributed by atoms with van der Waals surface area (Å²) >= 11 is 5.95.